The van der Waals surface area contributed by atoms with Gasteiger partial charge in [-0.25, -0.2) is 0 Å². The van der Waals surface area contributed by atoms with Crippen molar-refractivity contribution in [2.45, 2.75) is 57.5 Å². The molecule has 2 N–H and O–H groups in total. The molecular formula is C14H28N2O. The minimum atomic E-state index is 0.309. The average molecular weight is 240 g/mol. The van der Waals surface area contributed by atoms with Gasteiger partial charge < -0.3 is 10.4 Å². The summed E-state index contributed by atoms with van der Waals surface area (Å²) < 4.78 is 0. The highest BCUT2D eigenvalue weighted by atomic mass is 16.3. The van der Waals surface area contributed by atoms with Gasteiger partial charge in [-0.15, -0.1) is 0 Å². The number of nitrogens with one attached hydrogen (secondary N) is 1. The molecule has 2 aliphatic rings. The lowest BCUT2D eigenvalue weighted by molar-refractivity contribution is 0.119. The van der Waals surface area contributed by atoms with Crippen molar-refractivity contribution in [3.05, 3.63) is 0 Å². The number of rotatable bonds is 7. The predicted octanol–water partition coefficient (Wildman–Crippen LogP) is 1.61. The van der Waals surface area contributed by atoms with Gasteiger partial charge in [-0.2, -0.15) is 0 Å². The number of nitrogens with zero attached hydrogens (tertiary/aromatic N) is 1. The molecule has 1 aliphatic carbocycles. The molecule has 1 heterocycles. The summed E-state index contributed by atoms with van der Waals surface area (Å²) in [5.74, 6) is 0.996. The third kappa shape index (κ3) is 3.94. The number of likely N-dealkylation sites (tertiary alicyclic amines) is 1. The number of hydrogen-bond acceptors (Lipinski definition) is 3. The maximum Gasteiger partial charge on any atom is 0.0443 e. The van der Waals surface area contributed by atoms with Crippen molar-refractivity contribution in [3.8, 4) is 0 Å². The molecule has 100 valence electrons. The van der Waals surface area contributed by atoms with E-state index in [-0.39, 0.29) is 0 Å². The second-order valence-electron chi connectivity index (χ2n) is 5.68. The van der Waals surface area contributed by atoms with Crippen LogP contribution in [0.3, 0.4) is 0 Å². The molecule has 0 bridgehead atoms. The van der Waals surface area contributed by atoms with E-state index >= 15 is 0 Å². The Morgan fingerprint density at radius 1 is 1.35 bits per heavy atom. The van der Waals surface area contributed by atoms with E-state index in [1.54, 1.807) is 0 Å². The zero-order chi connectivity index (χ0) is 12.1. The van der Waals surface area contributed by atoms with E-state index in [1.165, 1.54) is 45.2 Å². The Bertz CT molecular complexity index is 218. The van der Waals surface area contributed by atoms with Crippen LogP contribution in [0.15, 0.2) is 0 Å². The van der Waals surface area contributed by atoms with Crippen molar-refractivity contribution < 1.29 is 5.11 Å². The standard InChI is InChI=1S/C14H28N2O/c1-2-14(12-6-7-12)16-9-3-5-13(11-16)15-8-4-10-17/h12-15,17H,2-11H2,1H3. The van der Waals surface area contributed by atoms with Gasteiger partial charge in [-0.3, -0.25) is 4.90 Å². The van der Waals surface area contributed by atoms with Gasteiger partial charge in [0.1, 0.15) is 0 Å². The van der Waals surface area contributed by atoms with Gasteiger partial charge >= 0.3 is 0 Å². The lowest BCUT2D eigenvalue weighted by atomic mass is 10.00. The molecule has 3 nitrogen and oxygen atoms in total. The lowest BCUT2D eigenvalue weighted by Crippen LogP contribution is -2.50. The van der Waals surface area contributed by atoms with Crippen molar-refractivity contribution in [2.75, 3.05) is 26.2 Å². The van der Waals surface area contributed by atoms with Crippen LogP contribution in [-0.2, 0) is 0 Å². The highest BCUT2D eigenvalue weighted by Crippen LogP contribution is 2.37. The Morgan fingerprint density at radius 2 is 2.18 bits per heavy atom. The minimum Gasteiger partial charge on any atom is -0.396 e. The second-order valence-corrected chi connectivity index (χ2v) is 5.68. The highest BCUT2D eigenvalue weighted by Gasteiger charge is 2.35. The smallest absolute Gasteiger partial charge is 0.0443 e. The van der Waals surface area contributed by atoms with Crippen LogP contribution in [0.5, 0.6) is 0 Å². The van der Waals surface area contributed by atoms with E-state index < -0.39 is 0 Å². The van der Waals surface area contributed by atoms with Crippen molar-refractivity contribution >= 4 is 0 Å². The Kier molecular flexibility index (Phi) is 5.26. The summed E-state index contributed by atoms with van der Waals surface area (Å²) in [6, 6.07) is 1.50. The number of piperidine rings is 1. The van der Waals surface area contributed by atoms with E-state index in [0.29, 0.717) is 12.6 Å². The monoisotopic (exact) mass is 240 g/mol. The van der Waals surface area contributed by atoms with Crippen LogP contribution in [-0.4, -0.2) is 48.3 Å². The van der Waals surface area contributed by atoms with E-state index in [9.17, 15) is 0 Å². The molecule has 0 aromatic heterocycles. The fraction of sp³-hybridized carbons (Fsp3) is 1.00. The van der Waals surface area contributed by atoms with Crippen LogP contribution < -0.4 is 5.32 Å². The SMILES string of the molecule is CCC(C1CC1)N1CCCC(NCCCO)C1. The molecule has 2 atom stereocenters. The number of aliphatic hydroxyl groups excluding tert-OH is 1. The molecule has 17 heavy (non-hydrogen) atoms. The summed E-state index contributed by atoms with van der Waals surface area (Å²) in [6.07, 6.45) is 7.75. The molecule has 1 saturated carbocycles. The van der Waals surface area contributed by atoms with Crippen LogP contribution in [0.1, 0.15) is 45.4 Å². The molecule has 0 aromatic rings. The van der Waals surface area contributed by atoms with Crippen LogP contribution in [0.2, 0.25) is 0 Å². The zero-order valence-electron chi connectivity index (χ0n) is 11.2. The first-order valence-electron chi connectivity index (χ1n) is 7.43. The van der Waals surface area contributed by atoms with Gasteiger partial charge in [0, 0.05) is 25.2 Å². The average Bonchev–Trinajstić information content (AvgIpc) is 3.16. The second kappa shape index (κ2) is 6.72. The molecule has 2 rings (SSSR count). The quantitative estimate of drug-likeness (QED) is 0.664. The van der Waals surface area contributed by atoms with Gasteiger partial charge in [-0.05, 0) is 57.5 Å². The first-order chi connectivity index (χ1) is 8.35. The molecule has 2 unspecified atom stereocenters. The van der Waals surface area contributed by atoms with Crippen LogP contribution in [0.25, 0.3) is 0 Å². The highest BCUT2D eigenvalue weighted by molar-refractivity contribution is 4.90. The third-order valence-corrected chi connectivity index (χ3v) is 4.27. The minimum absolute atomic E-state index is 0.309. The van der Waals surface area contributed by atoms with Crippen molar-refractivity contribution in [1.82, 2.24) is 10.2 Å². The predicted molar refractivity (Wildman–Crippen MR) is 71.1 cm³/mol. The van der Waals surface area contributed by atoms with Crippen LogP contribution >= 0.6 is 0 Å². The molecule has 0 amide bonds. The van der Waals surface area contributed by atoms with Crippen LogP contribution in [0, 0.1) is 5.92 Å². The Balaban J connectivity index is 1.75. The fourth-order valence-corrected chi connectivity index (χ4v) is 3.23. The molecule has 3 heteroatoms. The van der Waals surface area contributed by atoms with Gasteiger partial charge in [0.05, 0.1) is 0 Å². The summed E-state index contributed by atoms with van der Waals surface area (Å²) in [6.45, 7) is 6.14. The number of hydrogen-bond donors (Lipinski definition) is 2. The van der Waals surface area contributed by atoms with Crippen molar-refractivity contribution in [3.63, 3.8) is 0 Å². The molecule has 2 fully saturated rings. The summed E-state index contributed by atoms with van der Waals surface area (Å²) >= 11 is 0. The molecule has 1 saturated heterocycles. The molecule has 0 radical (unpaired) electrons. The fourth-order valence-electron chi connectivity index (χ4n) is 3.23. The van der Waals surface area contributed by atoms with Gasteiger partial charge in [0.2, 0.25) is 0 Å². The molecular weight excluding hydrogens is 212 g/mol. The lowest BCUT2D eigenvalue weighted by Gasteiger charge is -2.38. The van der Waals surface area contributed by atoms with E-state index in [0.717, 1.165) is 24.9 Å². The largest absolute Gasteiger partial charge is 0.396 e. The Morgan fingerprint density at radius 3 is 2.82 bits per heavy atom. The summed E-state index contributed by atoms with van der Waals surface area (Å²) in [5.41, 5.74) is 0. The zero-order valence-corrected chi connectivity index (χ0v) is 11.2. The Labute approximate surface area is 106 Å². The van der Waals surface area contributed by atoms with E-state index in [2.05, 4.69) is 17.1 Å². The van der Waals surface area contributed by atoms with Crippen molar-refractivity contribution in [1.29, 1.82) is 0 Å². The first-order valence-corrected chi connectivity index (χ1v) is 7.43. The van der Waals surface area contributed by atoms with Gasteiger partial charge in [-0.1, -0.05) is 6.92 Å². The molecule has 0 spiro atoms. The maximum atomic E-state index is 8.80. The van der Waals surface area contributed by atoms with Crippen LogP contribution in [0.4, 0.5) is 0 Å². The van der Waals surface area contributed by atoms with Crippen molar-refractivity contribution in [2.24, 2.45) is 5.92 Å². The van der Waals surface area contributed by atoms with E-state index in [4.69, 9.17) is 5.11 Å². The molecule has 0 aromatic carbocycles. The van der Waals surface area contributed by atoms with E-state index in [1.807, 2.05) is 0 Å². The summed E-state index contributed by atoms with van der Waals surface area (Å²) in [4.78, 5) is 2.72. The maximum absolute atomic E-state index is 8.80. The van der Waals surface area contributed by atoms with Gasteiger partial charge in [0.25, 0.3) is 0 Å². The summed E-state index contributed by atoms with van der Waals surface area (Å²) in [7, 11) is 0. The Hall–Kier alpha value is -0.120. The van der Waals surface area contributed by atoms with Gasteiger partial charge in [0.15, 0.2) is 0 Å². The third-order valence-electron chi connectivity index (χ3n) is 4.27. The molecule has 1 aliphatic heterocycles. The number of aliphatic hydroxyl groups is 1. The topological polar surface area (TPSA) is 35.5 Å². The first kappa shape index (κ1) is 13.3. The summed E-state index contributed by atoms with van der Waals surface area (Å²) in [5, 5.41) is 12.4. The normalized spacial score (nSPS) is 28.2.